The summed E-state index contributed by atoms with van der Waals surface area (Å²) in [6.45, 7) is 2.69. The van der Waals surface area contributed by atoms with Crippen LogP contribution in [-0.4, -0.2) is 69.1 Å². The van der Waals surface area contributed by atoms with Crippen LogP contribution in [0.3, 0.4) is 0 Å². The van der Waals surface area contributed by atoms with Gasteiger partial charge in [-0.25, -0.2) is 0 Å². The van der Waals surface area contributed by atoms with Gasteiger partial charge in [0.25, 0.3) is 0 Å². The maximum atomic E-state index is 11.1. The molecule has 0 aliphatic carbocycles. The molecule has 2 atom stereocenters. The van der Waals surface area contributed by atoms with E-state index in [1.54, 1.807) is 12.1 Å². The first-order chi connectivity index (χ1) is 13.0. The highest BCUT2D eigenvalue weighted by Crippen LogP contribution is 2.36. The van der Waals surface area contributed by atoms with Crippen LogP contribution in [0.4, 0.5) is 5.69 Å². The topological polar surface area (TPSA) is 112 Å². The molecule has 4 rings (SSSR count). The predicted molar refractivity (Wildman–Crippen MR) is 98.0 cm³/mol. The molecule has 0 amide bonds. The molecular weight excluding hydrogens is 350 g/mol. The van der Waals surface area contributed by atoms with Gasteiger partial charge in [0.2, 0.25) is 11.7 Å². The molecule has 0 spiro atoms. The zero-order valence-electron chi connectivity index (χ0n) is 15.2. The van der Waals surface area contributed by atoms with Gasteiger partial charge in [-0.1, -0.05) is 17.3 Å². The van der Waals surface area contributed by atoms with Crippen LogP contribution < -0.4 is 5.23 Å². The molecule has 0 bridgehead atoms. The maximum absolute atomic E-state index is 11.1. The minimum absolute atomic E-state index is 0.100. The van der Waals surface area contributed by atoms with Crippen molar-refractivity contribution in [3.8, 4) is 11.4 Å². The molecule has 2 aliphatic heterocycles. The molecule has 146 valence electrons. The van der Waals surface area contributed by atoms with Gasteiger partial charge in [0.05, 0.1) is 17.8 Å². The molecule has 2 unspecified atom stereocenters. The molecule has 1 aromatic heterocycles. The Labute approximate surface area is 157 Å². The molecule has 3 heterocycles. The molecular formula is C18H24N5O4-. The number of likely N-dealkylation sites (tertiary alicyclic amines) is 2. The first-order valence-corrected chi connectivity index (χ1v) is 9.24. The number of anilines is 1. The largest absolute Gasteiger partial charge is 0.733 e. The van der Waals surface area contributed by atoms with E-state index < -0.39 is 6.10 Å². The van der Waals surface area contributed by atoms with Crippen LogP contribution >= 0.6 is 0 Å². The van der Waals surface area contributed by atoms with E-state index in [9.17, 15) is 10.3 Å². The SMILES string of the molecule is CN1CCC(N2CC(O)CC2c2nc(-c3cccc(N([O-])O)c3)no2)CC1. The monoisotopic (exact) mass is 374 g/mol. The number of aliphatic hydroxyl groups excluding tert-OH is 1. The number of rotatable bonds is 4. The number of nitrogens with zero attached hydrogens (tertiary/aromatic N) is 5. The Hall–Kier alpha value is -2.04. The molecule has 2 aromatic rings. The summed E-state index contributed by atoms with van der Waals surface area (Å²) >= 11 is 0. The first-order valence-electron chi connectivity index (χ1n) is 9.24. The van der Waals surface area contributed by atoms with Crippen LogP contribution in [0.1, 0.15) is 31.2 Å². The Morgan fingerprint density at radius 2 is 2.07 bits per heavy atom. The Bertz CT molecular complexity index is 775. The second-order valence-electron chi connectivity index (χ2n) is 7.42. The average Bonchev–Trinajstić information content (AvgIpc) is 3.29. The van der Waals surface area contributed by atoms with E-state index in [4.69, 9.17) is 9.73 Å². The van der Waals surface area contributed by atoms with Crippen LogP contribution in [0, 0.1) is 5.21 Å². The van der Waals surface area contributed by atoms with Crippen LogP contribution in [0.15, 0.2) is 28.8 Å². The number of piperidine rings is 1. The third-order valence-electron chi connectivity index (χ3n) is 5.53. The zero-order valence-corrected chi connectivity index (χ0v) is 15.2. The molecule has 2 fully saturated rings. The summed E-state index contributed by atoms with van der Waals surface area (Å²) in [6, 6.07) is 6.68. The van der Waals surface area contributed by atoms with Gasteiger partial charge in [-0.2, -0.15) is 4.98 Å². The first kappa shape index (κ1) is 18.3. The summed E-state index contributed by atoms with van der Waals surface area (Å²) < 4.78 is 5.52. The van der Waals surface area contributed by atoms with Crippen LogP contribution in [0.2, 0.25) is 0 Å². The highest BCUT2D eigenvalue weighted by molar-refractivity contribution is 5.62. The minimum Gasteiger partial charge on any atom is -0.733 e. The lowest BCUT2D eigenvalue weighted by Crippen LogP contribution is -2.43. The predicted octanol–water partition coefficient (Wildman–Crippen LogP) is 1.63. The number of aliphatic hydroxyl groups is 1. The maximum Gasteiger partial charge on any atom is 0.244 e. The highest BCUT2D eigenvalue weighted by atomic mass is 16.8. The lowest BCUT2D eigenvalue weighted by atomic mass is 10.0. The van der Waals surface area contributed by atoms with Gasteiger partial charge in [0.1, 0.15) is 0 Å². The summed E-state index contributed by atoms with van der Waals surface area (Å²) in [7, 11) is 2.13. The molecule has 27 heavy (non-hydrogen) atoms. The van der Waals surface area contributed by atoms with E-state index in [-0.39, 0.29) is 17.0 Å². The van der Waals surface area contributed by atoms with Gasteiger partial charge in [-0.15, -0.1) is 0 Å². The summed E-state index contributed by atoms with van der Waals surface area (Å²) in [5, 5.41) is 34.2. The van der Waals surface area contributed by atoms with Crippen LogP contribution in [0.25, 0.3) is 11.4 Å². The van der Waals surface area contributed by atoms with Crippen molar-refractivity contribution in [1.29, 1.82) is 0 Å². The Balaban J connectivity index is 1.55. The van der Waals surface area contributed by atoms with Crippen molar-refractivity contribution in [2.45, 2.75) is 37.5 Å². The van der Waals surface area contributed by atoms with Crippen molar-refractivity contribution in [2.75, 3.05) is 31.9 Å². The van der Waals surface area contributed by atoms with Gasteiger partial charge in [0, 0.05) is 18.2 Å². The van der Waals surface area contributed by atoms with Crippen molar-refractivity contribution in [1.82, 2.24) is 19.9 Å². The van der Waals surface area contributed by atoms with Crippen LogP contribution in [0.5, 0.6) is 0 Å². The van der Waals surface area contributed by atoms with Crippen LogP contribution in [-0.2, 0) is 0 Å². The molecule has 2 saturated heterocycles. The molecule has 9 nitrogen and oxygen atoms in total. The number of β-amino-alcohol motifs (C(OH)–C–C–N with tert-alkyl or cyclic N) is 1. The molecule has 2 N–H and O–H groups in total. The zero-order chi connectivity index (χ0) is 19.0. The van der Waals surface area contributed by atoms with Crippen molar-refractivity contribution in [3.05, 3.63) is 35.4 Å². The number of hydrogen-bond acceptors (Lipinski definition) is 9. The average molecular weight is 374 g/mol. The van der Waals surface area contributed by atoms with Gasteiger partial charge in [-0.3, -0.25) is 10.1 Å². The number of hydrogen-bond donors (Lipinski definition) is 2. The minimum atomic E-state index is -0.406. The van der Waals surface area contributed by atoms with E-state index in [0.29, 0.717) is 36.3 Å². The second-order valence-corrected chi connectivity index (χ2v) is 7.42. The third kappa shape index (κ3) is 3.83. The van der Waals surface area contributed by atoms with E-state index >= 15 is 0 Å². The molecule has 2 aliphatic rings. The fraction of sp³-hybridized carbons (Fsp3) is 0.556. The standard InChI is InChI=1S/C18H24N5O4/c1-21-7-5-13(6-8-21)22-11-15(24)10-16(22)18-19-17(20-27-18)12-3-2-4-14(9-12)23(25)26/h2-4,9,13,15-16,24-25H,5-8,10-11H2,1H3/q-1. The summed E-state index contributed by atoms with van der Waals surface area (Å²) in [4.78, 5) is 9.12. The van der Waals surface area contributed by atoms with Gasteiger partial charge >= 0.3 is 0 Å². The van der Waals surface area contributed by atoms with E-state index in [0.717, 1.165) is 25.9 Å². The normalized spacial score (nSPS) is 25.2. The number of benzene rings is 1. The quantitative estimate of drug-likeness (QED) is 0.771. The summed E-state index contributed by atoms with van der Waals surface area (Å²) in [5.41, 5.74) is 0.685. The smallest absolute Gasteiger partial charge is 0.244 e. The number of aromatic nitrogens is 2. The Morgan fingerprint density at radius 3 is 2.81 bits per heavy atom. The lowest BCUT2D eigenvalue weighted by Gasteiger charge is -2.37. The molecule has 0 saturated carbocycles. The van der Waals surface area contributed by atoms with E-state index in [1.807, 2.05) is 0 Å². The van der Waals surface area contributed by atoms with Gasteiger partial charge < -0.3 is 25.0 Å². The fourth-order valence-corrected chi connectivity index (χ4v) is 4.06. The van der Waals surface area contributed by atoms with Crippen molar-refractivity contribution >= 4 is 5.69 Å². The second kappa shape index (κ2) is 7.53. The Kier molecular flexibility index (Phi) is 5.11. The lowest BCUT2D eigenvalue weighted by molar-refractivity contribution is 0.0881. The highest BCUT2D eigenvalue weighted by Gasteiger charge is 2.40. The van der Waals surface area contributed by atoms with Gasteiger partial charge in [-0.05, 0) is 51.5 Å². The van der Waals surface area contributed by atoms with Crippen molar-refractivity contribution < 1.29 is 14.8 Å². The van der Waals surface area contributed by atoms with Crippen molar-refractivity contribution in [3.63, 3.8) is 0 Å². The molecule has 1 aromatic carbocycles. The fourth-order valence-electron chi connectivity index (χ4n) is 4.06. The summed E-state index contributed by atoms with van der Waals surface area (Å²) in [6.07, 6.45) is 2.27. The van der Waals surface area contributed by atoms with E-state index in [2.05, 4.69) is 27.0 Å². The Morgan fingerprint density at radius 1 is 1.30 bits per heavy atom. The molecule has 9 heteroatoms. The third-order valence-corrected chi connectivity index (χ3v) is 5.53. The molecule has 0 radical (unpaired) electrons. The van der Waals surface area contributed by atoms with Gasteiger partial charge in [0.15, 0.2) is 0 Å². The van der Waals surface area contributed by atoms with E-state index in [1.165, 1.54) is 12.1 Å². The van der Waals surface area contributed by atoms with Crippen molar-refractivity contribution in [2.24, 2.45) is 0 Å². The summed E-state index contributed by atoms with van der Waals surface area (Å²) in [5.74, 6) is 0.840.